The van der Waals surface area contributed by atoms with Crippen molar-refractivity contribution in [1.29, 1.82) is 0 Å². The SMILES string of the molecule is CCN(CC)c1ncc(N(CC)C(O)c2ccco2)c(N[C@@H](Cc2ccc(OC(=O)N3CCCC3)cc2)C(=O)OC(C)(C)C)n1. The van der Waals surface area contributed by atoms with Crippen LogP contribution in [0.4, 0.5) is 22.2 Å². The summed E-state index contributed by atoms with van der Waals surface area (Å²) in [5.74, 6) is 1.19. The first-order chi connectivity index (χ1) is 21.5. The Bertz CT molecular complexity index is 1380. The highest BCUT2D eigenvalue weighted by molar-refractivity contribution is 5.82. The van der Waals surface area contributed by atoms with Gasteiger partial charge in [-0.3, -0.25) is 0 Å². The van der Waals surface area contributed by atoms with Gasteiger partial charge in [-0.2, -0.15) is 4.98 Å². The molecule has 2 atom stereocenters. The Morgan fingerprint density at radius 2 is 1.76 bits per heavy atom. The predicted octanol–water partition coefficient (Wildman–Crippen LogP) is 5.39. The minimum atomic E-state index is -1.11. The van der Waals surface area contributed by atoms with Gasteiger partial charge in [-0.1, -0.05) is 12.1 Å². The number of anilines is 3. The molecule has 12 nitrogen and oxygen atoms in total. The van der Waals surface area contributed by atoms with Crippen LogP contribution in [0, 0.1) is 0 Å². The average molecular weight is 623 g/mol. The van der Waals surface area contributed by atoms with E-state index in [0.29, 0.717) is 61.7 Å². The quantitative estimate of drug-likeness (QED) is 0.188. The molecular formula is C33H46N6O6. The lowest BCUT2D eigenvalue weighted by Crippen LogP contribution is -2.39. The van der Waals surface area contributed by atoms with Gasteiger partial charge in [-0.15, -0.1) is 0 Å². The Morgan fingerprint density at radius 1 is 1.07 bits per heavy atom. The summed E-state index contributed by atoms with van der Waals surface area (Å²) < 4.78 is 16.9. The molecule has 0 saturated carbocycles. The maximum absolute atomic E-state index is 13.6. The first-order valence-corrected chi connectivity index (χ1v) is 15.7. The van der Waals surface area contributed by atoms with Crippen molar-refractivity contribution in [2.24, 2.45) is 0 Å². The van der Waals surface area contributed by atoms with Crippen molar-refractivity contribution < 1.29 is 28.6 Å². The Balaban J connectivity index is 1.65. The molecule has 1 aliphatic heterocycles. The highest BCUT2D eigenvalue weighted by atomic mass is 16.6. The molecular weight excluding hydrogens is 576 g/mol. The summed E-state index contributed by atoms with van der Waals surface area (Å²) in [5, 5.41) is 14.5. The number of aliphatic hydroxyl groups excluding tert-OH is 1. The average Bonchev–Trinajstić information content (AvgIpc) is 3.74. The summed E-state index contributed by atoms with van der Waals surface area (Å²) >= 11 is 0. The van der Waals surface area contributed by atoms with E-state index < -0.39 is 23.8 Å². The third kappa shape index (κ3) is 8.87. The van der Waals surface area contributed by atoms with E-state index in [1.54, 1.807) is 40.3 Å². The fourth-order valence-electron chi connectivity index (χ4n) is 5.13. The van der Waals surface area contributed by atoms with E-state index >= 15 is 0 Å². The van der Waals surface area contributed by atoms with Gasteiger partial charge in [0.05, 0.1) is 12.5 Å². The number of esters is 1. The van der Waals surface area contributed by atoms with Crippen LogP contribution in [0.25, 0.3) is 0 Å². The van der Waals surface area contributed by atoms with Gasteiger partial charge in [0.15, 0.2) is 17.8 Å². The van der Waals surface area contributed by atoms with Gasteiger partial charge in [0, 0.05) is 39.1 Å². The first-order valence-electron chi connectivity index (χ1n) is 15.7. The number of hydrogen-bond donors (Lipinski definition) is 2. The molecule has 1 fully saturated rings. The Labute approximate surface area is 265 Å². The van der Waals surface area contributed by atoms with Gasteiger partial charge in [0.2, 0.25) is 5.95 Å². The maximum atomic E-state index is 13.6. The summed E-state index contributed by atoms with van der Waals surface area (Å²) in [6, 6.07) is 9.66. The van der Waals surface area contributed by atoms with Crippen LogP contribution >= 0.6 is 0 Å². The van der Waals surface area contributed by atoms with Gasteiger partial charge >= 0.3 is 12.1 Å². The number of likely N-dealkylation sites (tertiary alicyclic amines) is 1. The fourth-order valence-corrected chi connectivity index (χ4v) is 5.13. The Hall–Kier alpha value is -4.32. The molecule has 0 spiro atoms. The summed E-state index contributed by atoms with van der Waals surface area (Å²) in [6.45, 7) is 14.6. The van der Waals surface area contributed by atoms with Gasteiger partial charge in [0.25, 0.3) is 0 Å². The zero-order valence-corrected chi connectivity index (χ0v) is 27.2. The summed E-state index contributed by atoms with van der Waals surface area (Å²) in [6.07, 6.45) is 3.91. The van der Waals surface area contributed by atoms with Gasteiger partial charge in [0.1, 0.15) is 23.1 Å². The van der Waals surface area contributed by atoms with Crippen LogP contribution in [0.2, 0.25) is 0 Å². The van der Waals surface area contributed by atoms with E-state index in [1.807, 2.05) is 58.6 Å². The fraction of sp³-hybridized carbons (Fsp3) is 0.515. The molecule has 2 N–H and O–H groups in total. The van der Waals surface area contributed by atoms with Crippen LogP contribution in [0.15, 0.2) is 53.3 Å². The second kappa shape index (κ2) is 15.1. The third-order valence-electron chi connectivity index (χ3n) is 7.48. The van der Waals surface area contributed by atoms with Crippen LogP contribution < -0.4 is 19.9 Å². The van der Waals surface area contributed by atoms with Crippen molar-refractivity contribution in [3.05, 3.63) is 60.2 Å². The van der Waals surface area contributed by atoms with Crippen molar-refractivity contribution in [1.82, 2.24) is 14.9 Å². The number of furan rings is 1. The summed E-state index contributed by atoms with van der Waals surface area (Å²) in [4.78, 5) is 40.9. The van der Waals surface area contributed by atoms with Crippen LogP contribution in [-0.2, 0) is 16.0 Å². The molecule has 1 aromatic carbocycles. The Kier molecular flexibility index (Phi) is 11.3. The molecule has 244 valence electrons. The van der Waals surface area contributed by atoms with E-state index in [-0.39, 0.29) is 12.5 Å². The number of nitrogens with one attached hydrogen (secondary N) is 1. The lowest BCUT2D eigenvalue weighted by atomic mass is 10.0. The second-order valence-electron chi connectivity index (χ2n) is 11.9. The monoisotopic (exact) mass is 622 g/mol. The number of carbonyl (C=O) groups is 2. The van der Waals surface area contributed by atoms with E-state index in [4.69, 9.17) is 18.9 Å². The number of amides is 1. The van der Waals surface area contributed by atoms with Gasteiger partial charge in [-0.05, 0) is 84.2 Å². The first kappa shape index (κ1) is 33.6. The standard InChI is InChI=1S/C33H46N6O6/c1-7-37(8-2)31-34-22-26(39(9-3)29(40)27-13-12-20-43-27)28(36-31)35-25(30(41)45-33(4,5)6)21-23-14-16-24(17-15-23)44-32(42)38-18-10-11-19-38/h12-17,20,22,25,29,40H,7-11,18-19,21H2,1-6H3,(H,34,35,36)/t25-,29?/m0/s1. The molecule has 1 unspecified atom stereocenters. The van der Waals surface area contributed by atoms with Gasteiger partial charge in [-0.25, -0.2) is 14.6 Å². The van der Waals surface area contributed by atoms with Crippen molar-refractivity contribution in [2.45, 2.75) is 78.7 Å². The third-order valence-corrected chi connectivity index (χ3v) is 7.48. The lowest BCUT2D eigenvalue weighted by Gasteiger charge is -2.31. The molecule has 0 aliphatic carbocycles. The number of aliphatic hydroxyl groups is 1. The van der Waals surface area contributed by atoms with Crippen LogP contribution in [-0.4, -0.2) is 76.4 Å². The number of hydrogen-bond acceptors (Lipinski definition) is 11. The van der Waals surface area contributed by atoms with Gasteiger partial charge < -0.3 is 39.0 Å². The molecule has 1 saturated heterocycles. The molecule has 2 aromatic heterocycles. The largest absolute Gasteiger partial charge is 0.465 e. The number of carbonyl (C=O) groups excluding carboxylic acids is 2. The zero-order chi connectivity index (χ0) is 32.6. The molecule has 1 amide bonds. The number of nitrogens with zero attached hydrogens (tertiary/aromatic N) is 5. The minimum Gasteiger partial charge on any atom is -0.465 e. The molecule has 3 aromatic rings. The zero-order valence-electron chi connectivity index (χ0n) is 27.2. The van der Waals surface area contributed by atoms with Crippen molar-refractivity contribution >= 4 is 29.5 Å². The highest BCUT2D eigenvalue weighted by Gasteiger charge is 2.30. The number of benzene rings is 1. The van der Waals surface area contributed by atoms with E-state index in [1.165, 1.54) is 6.26 Å². The molecule has 0 radical (unpaired) electrons. The van der Waals surface area contributed by atoms with E-state index in [2.05, 4.69) is 10.3 Å². The molecule has 1 aliphatic rings. The Morgan fingerprint density at radius 3 is 2.33 bits per heavy atom. The van der Waals surface area contributed by atoms with E-state index in [9.17, 15) is 14.7 Å². The number of rotatable bonds is 13. The molecule has 0 bridgehead atoms. The lowest BCUT2D eigenvalue weighted by molar-refractivity contribution is -0.155. The molecule has 45 heavy (non-hydrogen) atoms. The predicted molar refractivity (Wildman–Crippen MR) is 173 cm³/mol. The smallest absolute Gasteiger partial charge is 0.415 e. The maximum Gasteiger partial charge on any atom is 0.415 e. The van der Waals surface area contributed by atoms with Crippen molar-refractivity contribution in [3.63, 3.8) is 0 Å². The summed E-state index contributed by atoms with van der Waals surface area (Å²) in [5.41, 5.74) is 0.591. The minimum absolute atomic E-state index is 0.256. The van der Waals surface area contributed by atoms with E-state index in [0.717, 1.165) is 18.4 Å². The van der Waals surface area contributed by atoms with Crippen molar-refractivity contribution in [3.8, 4) is 5.75 Å². The topological polar surface area (TPSA) is 134 Å². The second-order valence-corrected chi connectivity index (χ2v) is 11.9. The highest BCUT2D eigenvalue weighted by Crippen LogP contribution is 2.32. The van der Waals surface area contributed by atoms with Crippen LogP contribution in [0.3, 0.4) is 0 Å². The van der Waals surface area contributed by atoms with Crippen molar-refractivity contribution in [2.75, 3.05) is 47.8 Å². The van der Waals surface area contributed by atoms with Crippen LogP contribution in [0.1, 0.15) is 71.9 Å². The number of aromatic nitrogens is 2. The normalized spacial score (nSPS) is 14.5. The molecule has 3 heterocycles. The summed E-state index contributed by atoms with van der Waals surface area (Å²) in [7, 11) is 0. The molecule has 12 heteroatoms. The molecule has 4 rings (SSSR count). The van der Waals surface area contributed by atoms with Crippen LogP contribution in [0.5, 0.6) is 5.75 Å². The number of ether oxygens (including phenoxy) is 2.